The summed E-state index contributed by atoms with van der Waals surface area (Å²) in [5.41, 5.74) is 1.56. The van der Waals surface area contributed by atoms with Gasteiger partial charge in [0.15, 0.2) is 5.78 Å². The first kappa shape index (κ1) is 16.7. The molecule has 0 aliphatic carbocycles. The van der Waals surface area contributed by atoms with Gasteiger partial charge in [0.1, 0.15) is 5.92 Å². The van der Waals surface area contributed by atoms with Crippen LogP contribution in [0.25, 0.3) is 6.08 Å². The first-order valence-corrected chi connectivity index (χ1v) is 7.70. The van der Waals surface area contributed by atoms with Crippen molar-refractivity contribution in [2.45, 2.75) is 13.3 Å². The molecule has 0 heterocycles. The fraction of sp³-hybridized carbons (Fsp3) is 0.200. The monoisotopic (exact) mass is 308 g/mol. The van der Waals surface area contributed by atoms with Crippen LogP contribution < -0.4 is 0 Å². The molecular weight excluding hydrogens is 288 g/mol. The lowest BCUT2D eigenvalue weighted by atomic mass is 9.94. The number of allylic oxidation sites excluding steroid dienone is 1. The SMILES string of the molecule is CCOC(=O)C(CC=Cc1ccccc1)C(=O)c1ccccc1. The van der Waals surface area contributed by atoms with Gasteiger partial charge in [0.25, 0.3) is 0 Å². The molecule has 2 rings (SSSR count). The minimum Gasteiger partial charge on any atom is -0.465 e. The van der Waals surface area contributed by atoms with Crippen LogP contribution >= 0.6 is 0 Å². The van der Waals surface area contributed by atoms with Crippen molar-refractivity contribution in [1.29, 1.82) is 0 Å². The number of carbonyl (C=O) groups is 2. The van der Waals surface area contributed by atoms with Crippen molar-refractivity contribution in [3.63, 3.8) is 0 Å². The van der Waals surface area contributed by atoms with Gasteiger partial charge in [-0.1, -0.05) is 72.8 Å². The minimum absolute atomic E-state index is 0.207. The van der Waals surface area contributed by atoms with Crippen molar-refractivity contribution >= 4 is 17.8 Å². The van der Waals surface area contributed by atoms with E-state index in [9.17, 15) is 9.59 Å². The largest absolute Gasteiger partial charge is 0.465 e. The summed E-state index contributed by atoms with van der Waals surface area (Å²) in [5, 5.41) is 0. The number of hydrogen-bond donors (Lipinski definition) is 0. The number of esters is 1. The van der Waals surface area contributed by atoms with Gasteiger partial charge in [0, 0.05) is 5.56 Å². The molecule has 3 nitrogen and oxygen atoms in total. The van der Waals surface area contributed by atoms with Crippen LogP contribution in [0.4, 0.5) is 0 Å². The Hall–Kier alpha value is -2.68. The molecule has 0 aliphatic heterocycles. The summed E-state index contributed by atoms with van der Waals surface area (Å²) in [6.45, 7) is 2.00. The fourth-order valence-electron chi connectivity index (χ4n) is 2.26. The molecule has 0 bridgehead atoms. The van der Waals surface area contributed by atoms with Crippen LogP contribution in [-0.2, 0) is 9.53 Å². The smallest absolute Gasteiger partial charge is 0.317 e. The molecule has 0 aliphatic rings. The van der Waals surface area contributed by atoms with E-state index >= 15 is 0 Å². The molecule has 0 amide bonds. The summed E-state index contributed by atoms with van der Waals surface area (Å²) in [6, 6.07) is 18.6. The van der Waals surface area contributed by atoms with Crippen molar-refractivity contribution in [3.8, 4) is 0 Å². The first-order valence-electron chi connectivity index (χ1n) is 7.70. The van der Waals surface area contributed by atoms with Crippen LogP contribution in [0.3, 0.4) is 0 Å². The molecule has 0 aromatic heterocycles. The zero-order valence-electron chi connectivity index (χ0n) is 13.1. The Bertz CT molecular complexity index is 660. The Morgan fingerprint density at radius 1 is 1.00 bits per heavy atom. The Morgan fingerprint density at radius 3 is 2.22 bits per heavy atom. The van der Waals surface area contributed by atoms with Crippen LogP contribution in [0.5, 0.6) is 0 Å². The van der Waals surface area contributed by atoms with Crippen molar-refractivity contribution in [2.75, 3.05) is 6.61 Å². The van der Waals surface area contributed by atoms with E-state index in [1.54, 1.807) is 31.2 Å². The summed E-state index contributed by atoms with van der Waals surface area (Å²) < 4.78 is 5.06. The molecule has 0 saturated carbocycles. The van der Waals surface area contributed by atoms with Gasteiger partial charge in [0.05, 0.1) is 6.61 Å². The maximum absolute atomic E-state index is 12.6. The molecule has 1 unspecified atom stereocenters. The van der Waals surface area contributed by atoms with E-state index < -0.39 is 11.9 Å². The first-order chi connectivity index (χ1) is 11.2. The highest BCUT2D eigenvalue weighted by Crippen LogP contribution is 2.16. The third kappa shape index (κ3) is 4.92. The maximum atomic E-state index is 12.6. The number of benzene rings is 2. The third-order valence-electron chi connectivity index (χ3n) is 3.43. The Kier molecular flexibility index (Phi) is 6.30. The number of hydrogen-bond acceptors (Lipinski definition) is 3. The molecule has 1 atom stereocenters. The van der Waals surface area contributed by atoms with Gasteiger partial charge >= 0.3 is 5.97 Å². The van der Waals surface area contributed by atoms with E-state index in [1.807, 2.05) is 48.6 Å². The fourth-order valence-corrected chi connectivity index (χ4v) is 2.26. The Balaban J connectivity index is 2.13. The van der Waals surface area contributed by atoms with E-state index in [1.165, 1.54) is 0 Å². The quantitative estimate of drug-likeness (QED) is 0.438. The van der Waals surface area contributed by atoms with Crippen molar-refractivity contribution < 1.29 is 14.3 Å². The predicted octanol–water partition coefficient (Wildman–Crippen LogP) is 4.15. The predicted molar refractivity (Wildman–Crippen MR) is 91.0 cm³/mol. The molecule has 2 aromatic rings. The molecular formula is C20H20O3. The standard InChI is InChI=1S/C20H20O3/c1-2-23-20(22)18(19(21)17-13-7-4-8-14-17)15-9-12-16-10-5-3-6-11-16/h3-14,18H,2,15H2,1H3. The summed E-state index contributed by atoms with van der Waals surface area (Å²) >= 11 is 0. The van der Waals surface area contributed by atoms with Gasteiger partial charge < -0.3 is 4.74 Å². The summed E-state index contributed by atoms with van der Waals surface area (Å²) in [7, 11) is 0. The highest BCUT2D eigenvalue weighted by molar-refractivity contribution is 6.08. The highest BCUT2D eigenvalue weighted by Gasteiger charge is 2.27. The average Bonchev–Trinajstić information content (AvgIpc) is 2.60. The van der Waals surface area contributed by atoms with Crippen LogP contribution in [0.15, 0.2) is 66.7 Å². The van der Waals surface area contributed by atoms with Gasteiger partial charge in [0.2, 0.25) is 0 Å². The molecule has 118 valence electrons. The zero-order chi connectivity index (χ0) is 16.5. The number of rotatable bonds is 7. The molecule has 0 fully saturated rings. The molecule has 0 radical (unpaired) electrons. The third-order valence-corrected chi connectivity index (χ3v) is 3.43. The zero-order valence-corrected chi connectivity index (χ0v) is 13.1. The van der Waals surface area contributed by atoms with Gasteiger partial charge in [-0.05, 0) is 18.9 Å². The summed E-state index contributed by atoms with van der Waals surface area (Å²) in [4.78, 5) is 24.7. The molecule has 23 heavy (non-hydrogen) atoms. The lowest BCUT2D eigenvalue weighted by Crippen LogP contribution is -2.26. The number of ether oxygens (including phenoxy) is 1. The average molecular weight is 308 g/mol. The molecule has 0 N–H and O–H groups in total. The minimum atomic E-state index is -0.808. The van der Waals surface area contributed by atoms with Crippen molar-refractivity contribution in [3.05, 3.63) is 77.9 Å². The number of Topliss-reactive ketones (excluding diaryl/α,β-unsaturated/α-hetero) is 1. The Labute approximate surface area is 136 Å². The van der Waals surface area contributed by atoms with Crippen molar-refractivity contribution in [2.24, 2.45) is 5.92 Å². The topological polar surface area (TPSA) is 43.4 Å². The second kappa shape index (κ2) is 8.69. The lowest BCUT2D eigenvalue weighted by Gasteiger charge is -2.12. The van der Waals surface area contributed by atoms with E-state index in [4.69, 9.17) is 4.74 Å². The molecule has 0 saturated heterocycles. The van der Waals surface area contributed by atoms with Gasteiger partial charge in [-0.25, -0.2) is 0 Å². The van der Waals surface area contributed by atoms with Crippen LogP contribution in [-0.4, -0.2) is 18.4 Å². The summed E-state index contributed by atoms with van der Waals surface area (Å²) in [6.07, 6.45) is 4.07. The normalized spacial score (nSPS) is 12.0. The summed E-state index contributed by atoms with van der Waals surface area (Å²) in [5.74, 6) is -1.49. The van der Waals surface area contributed by atoms with E-state index in [0.29, 0.717) is 12.0 Å². The van der Waals surface area contributed by atoms with Gasteiger partial charge in [-0.3, -0.25) is 9.59 Å². The van der Waals surface area contributed by atoms with Gasteiger partial charge in [-0.15, -0.1) is 0 Å². The van der Waals surface area contributed by atoms with Gasteiger partial charge in [-0.2, -0.15) is 0 Å². The molecule has 0 spiro atoms. The number of carbonyl (C=O) groups excluding carboxylic acids is 2. The van der Waals surface area contributed by atoms with E-state index in [2.05, 4.69) is 0 Å². The number of ketones is 1. The van der Waals surface area contributed by atoms with E-state index in [0.717, 1.165) is 5.56 Å². The second-order valence-electron chi connectivity index (χ2n) is 5.08. The van der Waals surface area contributed by atoms with E-state index in [-0.39, 0.29) is 12.4 Å². The molecule has 2 aromatic carbocycles. The molecule has 3 heteroatoms. The maximum Gasteiger partial charge on any atom is 0.317 e. The van der Waals surface area contributed by atoms with Crippen molar-refractivity contribution in [1.82, 2.24) is 0 Å². The van der Waals surface area contributed by atoms with Crippen LogP contribution in [0, 0.1) is 5.92 Å². The van der Waals surface area contributed by atoms with Crippen LogP contribution in [0.2, 0.25) is 0 Å². The second-order valence-corrected chi connectivity index (χ2v) is 5.08. The Morgan fingerprint density at radius 2 is 1.61 bits per heavy atom. The highest BCUT2D eigenvalue weighted by atomic mass is 16.5. The van der Waals surface area contributed by atoms with Crippen LogP contribution in [0.1, 0.15) is 29.3 Å². The lowest BCUT2D eigenvalue weighted by molar-refractivity contribution is -0.146.